The summed E-state index contributed by atoms with van der Waals surface area (Å²) in [6.45, 7) is 4.88. The first-order valence-electron chi connectivity index (χ1n) is 8.59. The van der Waals surface area contributed by atoms with Crippen LogP contribution in [0.15, 0.2) is 0 Å². The zero-order valence-electron chi connectivity index (χ0n) is 13.1. The highest BCUT2D eigenvalue weighted by Crippen LogP contribution is 2.34. The Morgan fingerprint density at radius 1 is 0.789 bits per heavy atom. The minimum Gasteiger partial charge on any atom is -0.311 e. The summed E-state index contributed by atoms with van der Waals surface area (Å²) in [4.78, 5) is 2.67. The smallest absolute Gasteiger partial charge is 0.0110 e. The van der Waals surface area contributed by atoms with Crippen LogP contribution in [0.1, 0.15) is 65.2 Å². The molecule has 0 aromatic rings. The standard InChI is InChI=1S/C17H32N2/c1-12-7-13(2)9-14(8-12)18-15-10-16-5-4-6-17(11-15)19(16)3/h12-18H,4-11H2,1-3H3. The van der Waals surface area contributed by atoms with Gasteiger partial charge < -0.3 is 10.2 Å². The van der Waals surface area contributed by atoms with Crippen molar-refractivity contribution in [3.63, 3.8) is 0 Å². The van der Waals surface area contributed by atoms with E-state index < -0.39 is 0 Å². The van der Waals surface area contributed by atoms with Crippen molar-refractivity contribution in [1.29, 1.82) is 0 Å². The largest absolute Gasteiger partial charge is 0.311 e. The molecule has 3 aliphatic rings. The van der Waals surface area contributed by atoms with Crippen LogP contribution in [0.2, 0.25) is 0 Å². The van der Waals surface area contributed by atoms with Crippen LogP contribution in [0.25, 0.3) is 0 Å². The third-order valence-corrected chi connectivity index (χ3v) is 5.99. The van der Waals surface area contributed by atoms with Gasteiger partial charge in [0.25, 0.3) is 0 Å². The number of piperidine rings is 2. The molecule has 0 amide bonds. The Kier molecular flexibility index (Phi) is 4.19. The fourth-order valence-electron chi connectivity index (χ4n) is 5.17. The van der Waals surface area contributed by atoms with Crippen molar-refractivity contribution in [3.8, 4) is 0 Å². The lowest BCUT2D eigenvalue weighted by molar-refractivity contribution is 0.0423. The summed E-state index contributed by atoms with van der Waals surface area (Å²) < 4.78 is 0. The summed E-state index contributed by atoms with van der Waals surface area (Å²) in [6.07, 6.45) is 11.4. The highest BCUT2D eigenvalue weighted by atomic mass is 15.2. The molecule has 1 saturated carbocycles. The van der Waals surface area contributed by atoms with Gasteiger partial charge in [0.1, 0.15) is 0 Å². The van der Waals surface area contributed by atoms with Crippen LogP contribution < -0.4 is 5.32 Å². The van der Waals surface area contributed by atoms with Crippen molar-refractivity contribution in [3.05, 3.63) is 0 Å². The molecule has 2 nitrogen and oxygen atoms in total. The third-order valence-electron chi connectivity index (χ3n) is 5.99. The summed E-state index contributed by atoms with van der Waals surface area (Å²) in [6, 6.07) is 3.33. The van der Waals surface area contributed by atoms with Crippen molar-refractivity contribution in [2.45, 2.75) is 89.4 Å². The molecule has 4 unspecified atom stereocenters. The number of hydrogen-bond donors (Lipinski definition) is 1. The van der Waals surface area contributed by atoms with E-state index in [1.54, 1.807) is 0 Å². The normalized spacial score (nSPS) is 48.2. The Morgan fingerprint density at radius 2 is 1.32 bits per heavy atom. The average Bonchev–Trinajstić information content (AvgIpc) is 2.29. The minimum atomic E-state index is 0.799. The van der Waals surface area contributed by atoms with Crippen molar-refractivity contribution >= 4 is 0 Å². The first-order chi connectivity index (χ1) is 9.11. The van der Waals surface area contributed by atoms with Gasteiger partial charge in [-0.25, -0.2) is 0 Å². The SMILES string of the molecule is CC1CC(C)CC(NC2CC3CCCC(C2)N3C)C1. The highest BCUT2D eigenvalue weighted by molar-refractivity contribution is 4.95. The van der Waals surface area contributed by atoms with Crippen molar-refractivity contribution in [2.24, 2.45) is 11.8 Å². The molecule has 0 aromatic carbocycles. The summed E-state index contributed by atoms with van der Waals surface area (Å²) >= 11 is 0. The van der Waals surface area contributed by atoms with E-state index in [9.17, 15) is 0 Å². The van der Waals surface area contributed by atoms with Gasteiger partial charge in [0.15, 0.2) is 0 Å². The first-order valence-corrected chi connectivity index (χ1v) is 8.59. The Bertz CT molecular complexity index is 280. The average molecular weight is 264 g/mol. The maximum Gasteiger partial charge on any atom is 0.0110 e. The fraction of sp³-hybridized carbons (Fsp3) is 1.00. The van der Waals surface area contributed by atoms with Crippen LogP contribution in [0, 0.1) is 11.8 Å². The minimum absolute atomic E-state index is 0.799. The molecule has 2 heteroatoms. The van der Waals surface area contributed by atoms with E-state index in [2.05, 4.69) is 31.1 Å². The molecule has 110 valence electrons. The Balaban J connectivity index is 1.55. The predicted octanol–water partition coefficient (Wildman–Crippen LogP) is 3.42. The maximum absolute atomic E-state index is 4.04. The molecular formula is C17H32N2. The number of nitrogens with one attached hydrogen (secondary N) is 1. The molecule has 0 spiro atoms. The quantitative estimate of drug-likeness (QED) is 0.822. The van der Waals surface area contributed by atoms with Gasteiger partial charge in [0, 0.05) is 24.2 Å². The van der Waals surface area contributed by atoms with E-state index in [0.717, 1.165) is 36.0 Å². The van der Waals surface area contributed by atoms with Gasteiger partial charge in [-0.1, -0.05) is 20.3 Å². The fourth-order valence-corrected chi connectivity index (χ4v) is 5.17. The van der Waals surface area contributed by atoms with Gasteiger partial charge in [-0.05, 0) is 63.8 Å². The molecule has 3 rings (SSSR count). The molecule has 2 heterocycles. The van der Waals surface area contributed by atoms with Crippen LogP contribution in [0.4, 0.5) is 0 Å². The Labute approximate surface area is 119 Å². The van der Waals surface area contributed by atoms with E-state index in [0.29, 0.717) is 0 Å². The predicted molar refractivity (Wildman–Crippen MR) is 81.3 cm³/mol. The zero-order valence-corrected chi connectivity index (χ0v) is 13.1. The molecule has 1 aliphatic carbocycles. The number of nitrogens with zero attached hydrogens (tertiary/aromatic N) is 1. The molecule has 2 bridgehead atoms. The Hall–Kier alpha value is -0.0800. The second kappa shape index (κ2) is 5.73. The van der Waals surface area contributed by atoms with Crippen LogP contribution in [-0.2, 0) is 0 Å². The molecule has 2 aliphatic heterocycles. The summed E-state index contributed by atoms with van der Waals surface area (Å²) in [5, 5.41) is 4.04. The number of hydrogen-bond acceptors (Lipinski definition) is 2. The maximum atomic E-state index is 4.04. The van der Waals surface area contributed by atoms with E-state index >= 15 is 0 Å². The molecule has 2 saturated heterocycles. The summed E-state index contributed by atoms with van der Waals surface area (Å²) in [5.41, 5.74) is 0. The van der Waals surface area contributed by atoms with Crippen LogP contribution in [0.3, 0.4) is 0 Å². The topological polar surface area (TPSA) is 15.3 Å². The second-order valence-corrected chi connectivity index (χ2v) is 7.85. The molecule has 3 fully saturated rings. The molecule has 19 heavy (non-hydrogen) atoms. The number of fused-ring (bicyclic) bond motifs is 2. The molecule has 1 N–H and O–H groups in total. The molecule has 4 atom stereocenters. The van der Waals surface area contributed by atoms with Crippen molar-refractivity contribution in [2.75, 3.05) is 7.05 Å². The van der Waals surface area contributed by atoms with Gasteiger partial charge in [-0.15, -0.1) is 0 Å². The van der Waals surface area contributed by atoms with Gasteiger partial charge >= 0.3 is 0 Å². The van der Waals surface area contributed by atoms with Gasteiger partial charge in [-0.2, -0.15) is 0 Å². The van der Waals surface area contributed by atoms with E-state index in [1.165, 1.54) is 51.4 Å². The van der Waals surface area contributed by atoms with Crippen LogP contribution >= 0.6 is 0 Å². The first kappa shape index (κ1) is 13.9. The van der Waals surface area contributed by atoms with E-state index in [1.807, 2.05) is 0 Å². The third kappa shape index (κ3) is 3.16. The molecule has 0 aromatic heterocycles. The van der Waals surface area contributed by atoms with Crippen LogP contribution in [-0.4, -0.2) is 36.1 Å². The van der Waals surface area contributed by atoms with Crippen molar-refractivity contribution in [1.82, 2.24) is 10.2 Å². The highest BCUT2D eigenvalue weighted by Gasteiger charge is 2.37. The molecule has 0 radical (unpaired) electrons. The molecular weight excluding hydrogens is 232 g/mol. The van der Waals surface area contributed by atoms with E-state index in [4.69, 9.17) is 0 Å². The van der Waals surface area contributed by atoms with Gasteiger partial charge in [0.05, 0.1) is 0 Å². The van der Waals surface area contributed by atoms with Gasteiger partial charge in [0.2, 0.25) is 0 Å². The van der Waals surface area contributed by atoms with E-state index in [-0.39, 0.29) is 0 Å². The number of rotatable bonds is 2. The van der Waals surface area contributed by atoms with Crippen LogP contribution in [0.5, 0.6) is 0 Å². The second-order valence-electron chi connectivity index (χ2n) is 7.85. The monoisotopic (exact) mass is 264 g/mol. The summed E-state index contributed by atoms with van der Waals surface area (Å²) in [7, 11) is 2.36. The van der Waals surface area contributed by atoms with Gasteiger partial charge in [-0.3, -0.25) is 0 Å². The lowest BCUT2D eigenvalue weighted by Gasteiger charge is -2.48. The Morgan fingerprint density at radius 3 is 1.89 bits per heavy atom. The summed E-state index contributed by atoms with van der Waals surface area (Å²) in [5.74, 6) is 1.85. The lowest BCUT2D eigenvalue weighted by atomic mass is 9.78. The lowest BCUT2D eigenvalue weighted by Crippen LogP contribution is -2.56. The zero-order chi connectivity index (χ0) is 13.4. The van der Waals surface area contributed by atoms with Crippen molar-refractivity contribution < 1.29 is 0 Å².